The molecular weight excluding hydrogens is 158 g/mol. The lowest BCUT2D eigenvalue weighted by molar-refractivity contribution is -0.140. The van der Waals surface area contributed by atoms with E-state index in [9.17, 15) is 13.6 Å². The number of carbonyl (C=O) groups excluding carboxylic acids is 1. The summed E-state index contributed by atoms with van der Waals surface area (Å²) in [6.45, 7) is 0.0359. The number of hydrogen-bond acceptors (Lipinski definition) is 3. The molecule has 0 fully saturated rings. The standard InChI is InChI=1S/C6H8F2O3/c1-2-11-6(10)5(8)4(9)3-7/h9H,2-3H2,1H3. The van der Waals surface area contributed by atoms with E-state index in [2.05, 4.69) is 4.74 Å². The van der Waals surface area contributed by atoms with Gasteiger partial charge in [-0.15, -0.1) is 0 Å². The van der Waals surface area contributed by atoms with Crippen LogP contribution < -0.4 is 0 Å². The molecule has 0 unspecified atom stereocenters. The van der Waals surface area contributed by atoms with Gasteiger partial charge in [-0.2, -0.15) is 4.39 Å². The zero-order chi connectivity index (χ0) is 8.85. The lowest BCUT2D eigenvalue weighted by Gasteiger charge is -1.98. The fourth-order valence-electron chi connectivity index (χ4n) is 0.371. The molecule has 3 nitrogen and oxygen atoms in total. The molecule has 0 saturated heterocycles. The summed E-state index contributed by atoms with van der Waals surface area (Å²) in [5.41, 5.74) is 0. The number of aliphatic hydroxyl groups is 1. The molecule has 0 bridgehead atoms. The summed E-state index contributed by atoms with van der Waals surface area (Å²) < 4.78 is 27.9. The second-order valence-electron chi connectivity index (χ2n) is 1.61. The first-order valence-corrected chi connectivity index (χ1v) is 2.94. The maximum absolute atomic E-state index is 12.3. The second-order valence-corrected chi connectivity index (χ2v) is 1.61. The van der Waals surface area contributed by atoms with Crippen LogP contribution in [0.4, 0.5) is 8.78 Å². The molecule has 0 atom stereocenters. The number of hydrogen-bond donors (Lipinski definition) is 1. The Labute approximate surface area is 62.3 Å². The molecule has 5 heteroatoms. The Morgan fingerprint density at radius 3 is 2.55 bits per heavy atom. The Hall–Kier alpha value is -1.13. The lowest BCUT2D eigenvalue weighted by Crippen LogP contribution is -2.07. The SMILES string of the molecule is CCOC(=O)C(F)=C(O)CF. The highest BCUT2D eigenvalue weighted by Crippen LogP contribution is 2.05. The van der Waals surface area contributed by atoms with Crippen LogP contribution in [0.3, 0.4) is 0 Å². The van der Waals surface area contributed by atoms with E-state index >= 15 is 0 Å². The Bertz CT molecular complexity index is 177. The number of rotatable bonds is 3. The molecule has 0 aromatic rings. The van der Waals surface area contributed by atoms with E-state index in [1.165, 1.54) is 6.92 Å². The van der Waals surface area contributed by atoms with Crippen molar-refractivity contribution in [3.63, 3.8) is 0 Å². The molecular formula is C6H8F2O3. The molecule has 0 aliphatic carbocycles. The van der Waals surface area contributed by atoms with Crippen molar-refractivity contribution in [2.24, 2.45) is 0 Å². The summed E-state index contributed by atoms with van der Waals surface area (Å²) in [6.07, 6.45) is 0. The monoisotopic (exact) mass is 166 g/mol. The number of aliphatic hydroxyl groups excluding tert-OH is 1. The van der Waals surface area contributed by atoms with E-state index in [1.807, 2.05) is 0 Å². The third-order valence-corrected chi connectivity index (χ3v) is 0.835. The highest BCUT2D eigenvalue weighted by atomic mass is 19.1. The van der Waals surface area contributed by atoms with Crippen LogP contribution in [0.15, 0.2) is 11.6 Å². The average Bonchev–Trinajstić information content (AvgIpc) is 2.02. The molecule has 0 amide bonds. The zero-order valence-electron chi connectivity index (χ0n) is 5.93. The number of halogens is 2. The fourth-order valence-corrected chi connectivity index (χ4v) is 0.371. The van der Waals surface area contributed by atoms with Crippen LogP contribution in [0.2, 0.25) is 0 Å². The van der Waals surface area contributed by atoms with Crippen molar-refractivity contribution in [3.05, 3.63) is 11.6 Å². The molecule has 64 valence electrons. The summed E-state index contributed by atoms with van der Waals surface area (Å²) in [7, 11) is 0. The van der Waals surface area contributed by atoms with Crippen molar-refractivity contribution < 1.29 is 23.4 Å². The van der Waals surface area contributed by atoms with E-state index < -0.39 is 24.2 Å². The molecule has 0 rings (SSSR count). The molecule has 0 aliphatic rings. The molecule has 0 aromatic carbocycles. The lowest BCUT2D eigenvalue weighted by atomic mass is 10.4. The molecule has 1 N–H and O–H groups in total. The number of carbonyl (C=O) groups is 1. The molecule has 0 spiro atoms. The van der Waals surface area contributed by atoms with Crippen molar-refractivity contribution in [2.75, 3.05) is 13.3 Å². The minimum absolute atomic E-state index is 0.0220. The van der Waals surface area contributed by atoms with Gasteiger partial charge in [0.15, 0.2) is 5.76 Å². The topological polar surface area (TPSA) is 46.5 Å². The summed E-state index contributed by atoms with van der Waals surface area (Å²) in [6, 6.07) is 0. The second kappa shape index (κ2) is 4.65. The minimum Gasteiger partial charge on any atom is -0.506 e. The highest BCUT2D eigenvalue weighted by Gasteiger charge is 2.15. The van der Waals surface area contributed by atoms with Gasteiger partial charge in [0, 0.05) is 0 Å². The van der Waals surface area contributed by atoms with E-state index in [-0.39, 0.29) is 6.61 Å². The van der Waals surface area contributed by atoms with Crippen molar-refractivity contribution in [2.45, 2.75) is 6.92 Å². The summed E-state index contributed by atoms with van der Waals surface area (Å²) >= 11 is 0. The molecule has 0 aromatic heterocycles. The van der Waals surface area contributed by atoms with Crippen molar-refractivity contribution in [1.29, 1.82) is 0 Å². The Balaban J connectivity index is 4.22. The largest absolute Gasteiger partial charge is 0.506 e. The maximum Gasteiger partial charge on any atom is 0.370 e. The van der Waals surface area contributed by atoms with E-state index in [1.54, 1.807) is 0 Å². The molecule has 11 heavy (non-hydrogen) atoms. The normalized spacial score (nSPS) is 12.3. The number of alkyl halides is 1. The van der Waals surface area contributed by atoms with Crippen LogP contribution in [0.5, 0.6) is 0 Å². The zero-order valence-corrected chi connectivity index (χ0v) is 5.93. The van der Waals surface area contributed by atoms with Crippen LogP contribution in [0, 0.1) is 0 Å². The van der Waals surface area contributed by atoms with E-state index in [0.717, 1.165) is 0 Å². The van der Waals surface area contributed by atoms with Gasteiger partial charge >= 0.3 is 5.97 Å². The maximum atomic E-state index is 12.3. The predicted molar refractivity (Wildman–Crippen MR) is 33.4 cm³/mol. The van der Waals surface area contributed by atoms with Gasteiger partial charge in [0.1, 0.15) is 6.67 Å². The van der Waals surface area contributed by atoms with Gasteiger partial charge in [0.05, 0.1) is 6.61 Å². The third kappa shape index (κ3) is 2.97. The summed E-state index contributed by atoms with van der Waals surface area (Å²) in [4.78, 5) is 10.4. The van der Waals surface area contributed by atoms with Crippen LogP contribution in [-0.2, 0) is 9.53 Å². The molecule has 0 radical (unpaired) electrons. The highest BCUT2D eigenvalue weighted by molar-refractivity contribution is 5.86. The molecule has 0 heterocycles. The minimum atomic E-state index is -1.57. The molecule has 0 aliphatic heterocycles. The number of esters is 1. The first-order chi connectivity index (χ1) is 5.13. The van der Waals surface area contributed by atoms with Gasteiger partial charge in [-0.05, 0) is 6.92 Å². The van der Waals surface area contributed by atoms with Crippen molar-refractivity contribution in [1.82, 2.24) is 0 Å². The van der Waals surface area contributed by atoms with Gasteiger partial charge in [-0.3, -0.25) is 0 Å². The van der Waals surface area contributed by atoms with E-state index in [4.69, 9.17) is 5.11 Å². The Morgan fingerprint density at radius 1 is 1.64 bits per heavy atom. The van der Waals surface area contributed by atoms with Crippen LogP contribution in [0.1, 0.15) is 6.92 Å². The van der Waals surface area contributed by atoms with Gasteiger partial charge in [-0.25, -0.2) is 9.18 Å². The Morgan fingerprint density at radius 2 is 2.18 bits per heavy atom. The van der Waals surface area contributed by atoms with Gasteiger partial charge in [-0.1, -0.05) is 0 Å². The van der Waals surface area contributed by atoms with Gasteiger partial charge in [0.25, 0.3) is 0 Å². The van der Waals surface area contributed by atoms with Crippen molar-refractivity contribution >= 4 is 5.97 Å². The van der Waals surface area contributed by atoms with Crippen LogP contribution in [0.25, 0.3) is 0 Å². The summed E-state index contributed by atoms with van der Waals surface area (Å²) in [5, 5.41) is 8.35. The van der Waals surface area contributed by atoms with Crippen molar-refractivity contribution in [3.8, 4) is 0 Å². The van der Waals surface area contributed by atoms with Crippen LogP contribution in [-0.4, -0.2) is 24.4 Å². The van der Waals surface area contributed by atoms with Gasteiger partial charge < -0.3 is 9.84 Å². The average molecular weight is 166 g/mol. The quantitative estimate of drug-likeness (QED) is 0.390. The third-order valence-electron chi connectivity index (χ3n) is 0.835. The fraction of sp³-hybridized carbons (Fsp3) is 0.500. The first-order valence-electron chi connectivity index (χ1n) is 2.94. The Kier molecular flexibility index (Phi) is 4.17. The first kappa shape index (κ1) is 9.87. The molecule has 0 saturated carbocycles. The summed E-state index contributed by atoms with van der Waals surface area (Å²) in [5.74, 6) is -4.15. The number of allylic oxidation sites excluding steroid dienone is 1. The predicted octanol–water partition coefficient (Wildman–Crippen LogP) is 1.26. The van der Waals surface area contributed by atoms with E-state index in [0.29, 0.717) is 0 Å². The smallest absolute Gasteiger partial charge is 0.370 e. The van der Waals surface area contributed by atoms with Gasteiger partial charge in [0.2, 0.25) is 5.83 Å². The number of ether oxygens (including phenoxy) is 1. The van der Waals surface area contributed by atoms with Crippen LogP contribution >= 0.6 is 0 Å².